The first kappa shape index (κ1) is 10.6. The number of nitrogens with zero attached hydrogens (tertiary/aromatic N) is 2. The lowest BCUT2D eigenvalue weighted by molar-refractivity contribution is 0.389. The normalized spacial score (nSPS) is 17.4. The van der Waals surface area contributed by atoms with Gasteiger partial charge in [-0.05, 0) is 44.0 Å². The Labute approximate surface area is 101 Å². The van der Waals surface area contributed by atoms with Crippen molar-refractivity contribution in [3.63, 3.8) is 0 Å². The summed E-state index contributed by atoms with van der Waals surface area (Å²) in [6.07, 6.45) is 6.38. The number of anilines is 1. The highest BCUT2D eigenvalue weighted by molar-refractivity contribution is 5.49. The molecular weight excluding hydrogens is 212 g/mol. The van der Waals surface area contributed by atoms with Gasteiger partial charge in [0.25, 0.3) is 0 Å². The zero-order chi connectivity index (χ0) is 11.5. The van der Waals surface area contributed by atoms with Gasteiger partial charge in [0.1, 0.15) is 11.5 Å². The van der Waals surface area contributed by atoms with Crippen LogP contribution in [0.5, 0.6) is 0 Å². The summed E-state index contributed by atoms with van der Waals surface area (Å²) >= 11 is 0. The van der Waals surface area contributed by atoms with E-state index in [-0.39, 0.29) is 0 Å². The van der Waals surface area contributed by atoms with E-state index >= 15 is 0 Å². The Morgan fingerprint density at radius 2 is 2.24 bits per heavy atom. The van der Waals surface area contributed by atoms with Gasteiger partial charge in [-0.15, -0.1) is 0 Å². The van der Waals surface area contributed by atoms with E-state index in [9.17, 15) is 0 Å². The van der Waals surface area contributed by atoms with Gasteiger partial charge >= 0.3 is 0 Å². The van der Waals surface area contributed by atoms with E-state index < -0.39 is 0 Å². The Hall–Kier alpha value is -1.55. The van der Waals surface area contributed by atoms with E-state index in [4.69, 9.17) is 0 Å². The topological polar surface area (TPSA) is 41.4 Å². The Balaban J connectivity index is 1.69. The first-order valence-electron chi connectivity index (χ1n) is 6.30. The SMILES string of the molecule is c1cc(NCC2CCNCC2)n2ccnc2c1. The van der Waals surface area contributed by atoms with Gasteiger partial charge in [-0.1, -0.05) is 6.07 Å². The number of imidazole rings is 1. The molecule has 2 aromatic rings. The highest BCUT2D eigenvalue weighted by atomic mass is 15.1. The lowest BCUT2D eigenvalue weighted by Gasteiger charge is -2.23. The summed E-state index contributed by atoms with van der Waals surface area (Å²) in [5.74, 6) is 1.92. The summed E-state index contributed by atoms with van der Waals surface area (Å²) in [4.78, 5) is 4.29. The highest BCUT2D eigenvalue weighted by Crippen LogP contribution is 2.15. The van der Waals surface area contributed by atoms with Gasteiger partial charge in [-0.25, -0.2) is 4.98 Å². The van der Waals surface area contributed by atoms with Gasteiger partial charge in [-0.2, -0.15) is 0 Å². The fourth-order valence-electron chi connectivity index (χ4n) is 2.43. The lowest BCUT2D eigenvalue weighted by atomic mass is 9.98. The molecule has 0 bridgehead atoms. The molecule has 0 unspecified atom stereocenters. The van der Waals surface area contributed by atoms with E-state index in [0.29, 0.717) is 0 Å². The largest absolute Gasteiger partial charge is 0.371 e. The second-order valence-corrected chi connectivity index (χ2v) is 4.64. The summed E-state index contributed by atoms with van der Waals surface area (Å²) in [6.45, 7) is 3.36. The van der Waals surface area contributed by atoms with Crippen LogP contribution in [0.4, 0.5) is 5.82 Å². The van der Waals surface area contributed by atoms with Gasteiger partial charge in [0.15, 0.2) is 0 Å². The third kappa shape index (κ3) is 2.26. The molecule has 2 aromatic heterocycles. The summed E-state index contributed by atoms with van der Waals surface area (Å²) in [5, 5.41) is 6.93. The average Bonchev–Trinajstić information content (AvgIpc) is 2.86. The molecule has 0 saturated carbocycles. The maximum Gasteiger partial charge on any atom is 0.138 e. The standard InChI is InChI=1S/C13H18N4/c1-2-12-15-8-9-17(12)13(3-1)16-10-11-4-6-14-7-5-11/h1-3,8-9,11,14,16H,4-7,10H2. The predicted octanol–water partition coefficient (Wildman–Crippen LogP) is 1.75. The molecule has 1 aliphatic heterocycles. The number of pyridine rings is 1. The Kier molecular flexibility index (Phi) is 2.96. The third-order valence-corrected chi connectivity index (χ3v) is 3.46. The van der Waals surface area contributed by atoms with Crippen molar-refractivity contribution in [1.82, 2.24) is 14.7 Å². The third-order valence-electron chi connectivity index (χ3n) is 3.46. The fourth-order valence-corrected chi connectivity index (χ4v) is 2.43. The molecular formula is C13H18N4. The molecule has 0 radical (unpaired) electrons. The first-order valence-corrected chi connectivity index (χ1v) is 6.30. The van der Waals surface area contributed by atoms with E-state index in [1.165, 1.54) is 12.8 Å². The lowest BCUT2D eigenvalue weighted by Crippen LogP contribution is -2.31. The van der Waals surface area contributed by atoms with Crippen molar-refractivity contribution in [1.29, 1.82) is 0 Å². The van der Waals surface area contributed by atoms with Crippen molar-refractivity contribution in [3.8, 4) is 0 Å². The molecule has 4 heteroatoms. The zero-order valence-corrected chi connectivity index (χ0v) is 9.89. The molecule has 0 amide bonds. The second kappa shape index (κ2) is 4.75. The molecule has 0 spiro atoms. The van der Waals surface area contributed by atoms with Crippen LogP contribution in [0.3, 0.4) is 0 Å². The zero-order valence-electron chi connectivity index (χ0n) is 9.89. The molecule has 4 nitrogen and oxygen atoms in total. The minimum Gasteiger partial charge on any atom is -0.371 e. The van der Waals surface area contributed by atoms with Crippen molar-refractivity contribution >= 4 is 11.5 Å². The molecule has 0 atom stereocenters. The molecule has 2 N–H and O–H groups in total. The van der Waals surface area contributed by atoms with Crippen LogP contribution >= 0.6 is 0 Å². The molecule has 1 fully saturated rings. The van der Waals surface area contributed by atoms with Crippen LogP contribution < -0.4 is 10.6 Å². The number of hydrogen-bond donors (Lipinski definition) is 2. The van der Waals surface area contributed by atoms with Crippen LogP contribution in [0, 0.1) is 5.92 Å². The number of rotatable bonds is 3. The minimum absolute atomic E-state index is 0.787. The number of piperidine rings is 1. The van der Waals surface area contributed by atoms with Crippen LogP contribution in [-0.2, 0) is 0 Å². The number of aromatic nitrogens is 2. The molecule has 1 aliphatic rings. The fraction of sp³-hybridized carbons (Fsp3) is 0.462. The van der Waals surface area contributed by atoms with Gasteiger partial charge < -0.3 is 10.6 Å². The molecule has 3 rings (SSSR count). The molecule has 90 valence electrons. The Morgan fingerprint density at radius 1 is 1.35 bits per heavy atom. The van der Waals surface area contributed by atoms with Crippen molar-refractivity contribution < 1.29 is 0 Å². The van der Waals surface area contributed by atoms with Crippen LogP contribution in [-0.4, -0.2) is 29.0 Å². The van der Waals surface area contributed by atoms with E-state index in [1.54, 1.807) is 0 Å². The molecule has 17 heavy (non-hydrogen) atoms. The van der Waals surface area contributed by atoms with Gasteiger partial charge in [0.05, 0.1) is 0 Å². The predicted molar refractivity (Wildman–Crippen MR) is 69.3 cm³/mol. The summed E-state index contributed by atoms with van der Waals surface area (Å²) in [6, 6.07) is 6.18. The quantitative estimate of drug-likeness (QED) is 0.844. The van der Waals surface area contributed by atoms with Crippen molar-refractivity contribution in [2.45, 2.75) is 12.8 Å². The minimum atomic E-state index is 0.787. The summed E-state index contributed by atoms with van der Waals surface area (Å²) in [7, 11) is 0. The van der Waals surface area contributed by atoms with Gasteiger partial charge in [0, 0.05) is 18.9 Å². The summed E-state index contributed by atoms with van der Waals surface area (Å²) < 4.78 is 2.10. The van der Waals surface area contributed by atoms with Crippen molar-refractivity contribution in [2.24, 2.45) is 5.92 Å². The van der Waals surface area contributed by atoms with Gasteiger partial charge in [-0.3, -0.25) is 4.40 Å². The number of fused-ring (bicyclic) bond motifs is 1. The number of hydrogen-bond acceptors (Lipinski definition) is 3. The van der Waals surface area contributed by atoms with Crippen LogP contribution in [0.2, 0.25) is 0 Å². The Bertz CT molecular complexity index is 485. The van der Waals surface area contributed by atoms with Crippen molar-refractivity contribution in [3.05, 3.63) is 30.6 Å². The van der Waals surface area contributed by atoms with Crippen molar-refractivity contribution in [2.75, 3.05) is 25.0 Å². The molecule has 0 aromatic carbocycles. The second-order valence-electron chi connectivity index (χ2n) is 4.64. The van der Waals surface area contributed by atoms with Crippen LogP contribution in [0.25, 0.3) is 5.65 Å². The Morgan fingerprint density at radius 3 is 3.12 bits per heavy atom. The maximum atomic E-state index is 4.29. The molecule has 3 heterocycles. The summed E-state index contributed by atoms with van der Waals surface area (Å²) in [5.41, 5.74) is 1.00. The average molecular weight is 230 g/mol. The smallest absolute Gasteiger partial charge is 0.138 e. The van der Waals surface area contributed by atoms with E-state index in [2.05, 4.69) is 26.1 Å². The maximum absolute atomic E-state index is 4.29. The highest BCUT2D eigenvalue weighted by Gasteiger charge is 2.12. The first-order chi connectivity index (χ1) is 8.43. The number of nitrogens with one attached hydrogen (secondary N) is 2. The van der Waals surface area contributed by atoms with Gasteiger partial charge in [0.2, 0.25) is 0 Å². The van der Waals surface area contributed by atoms with E-state index in [0.717, 1.165) is 37.0 Å². The van der Waals surface area contributed by atoms with Crippen LogP contribution in [0.15, 0.2) is 30.6 Å². The monoisotopic (exact) mass is 230 g/mol. The van der Waals surface area contributed by atoms with Crippen LogP contribution in [0.1, 0.15) is 12.8 Å². The van der Waals surface area contributed by atoms with E-state index in [1.807, 2.05) is 24.5 Å². The molecule has 1 saturated heterocycles. The molecule has 0 aliphatic carbocycles.